The molecule has 1 aliphatic rings. The van der Waals surface area contributed by atoms with E-state index < -0.39 is 0 Å². The van der Waals surface area contributed by atoms with Gasteiger partial charge in [-0.3, -0.25) is 9.78 Å². The third-order valence-electron chi connectivity index (χ3n) is 3.26. The van der Waals surface area contributed by atoms with Crippen LogP contribution in [0.4, 0.5) is 0 Å². The molecule has 0 bridgehead atoms. The third kappa shape index (κ3) is 4.07. The number of carbonyl (C=O) groups excluding carboxylic acids is 1. The van der Waals surface area contributed by atoms with Gasteiger partial charge in [0, 0.05) is 31.8 Å². The van der Waals surface area contributed by atoms with E-state index in [9.17, 15) is 4.79 Å². The van der Waals surface area contributed by atoms with Crippen LogP contribution in [-0.4, -0.2) is 23.5 Å². The summed E-state index contributed by atoms with van der Waals surface area (Å²) in [6, 6.07) is 1.80. The molecule has 0 radical (unpaired) electrons. The van der Waals surface area contributed by atoms with Crippen molar-refractivity contribution in [2.24, 2.45) is 0 Å². The van der Waals surface area contributed by atoms with Gasteiger partial charge in [0.15, 0.2) is 0 Å². The van der Waals surface area contributed by atoms with Crippen molar-refractivity contribution in [1.29, 1.82) is 0 Å². The highest BCUT2D eigenvalue weighted by Gasteiger charge is 2.15. The molecule has 1 aliphatic heterocycles. The second kappa shape index (κ2) is 6.86. The van der Waals surface area contributed by atoms with Gasteiger partial charge < -0.3 is 4.74 Å². The lowest BCUT2D eigenvalue weighted by molar-refractivity contribution is -0.119. The van der Waals surface area contributed by atoms with Gasteiger partial charge in [-0.2, -0.15) is 0 Å². The van der Waals surface area contributed by atoms with E-state index in [2.05, 4.69) is 4.98 Å². The second-order valence-electron chi connectivity index (χ2n) is 4.71. The maximum Gasteiger partial charge on any atom is 0.137 e. The molecule has 0 N–H and O–H groups in total. The summed E-state index contributed by atoms with van der Waals surface area (Å²) in [5.74, 6) is 0.220. The minimum Gasteiger partial charge on any atom is -0.378 e. The van der Waals surface area contributed by atoms with E-state index in [4.69, 9.17) is 16.3 Å². The van der Waals surface area contributed by atoms with Crippen LogP contribution < -0.4 is 0 Å². The quantitative estimate of drug-likeness (QED) is 0.822. The van der Waals surface area contributed by atoms with Crippen LogP contribution in [0.5, 0.6) is 0 Å². The van der Waals surface area contributed by atoms with Crippen LogP contribution in [0.3, 0.4) is 0 Å². The summed E-state index contributed by atoms with van der Waals surface area (Å²) in [4.78, 5) is 15.8. The molecule has 0 amide bonds. The van der Waals surface area contributed by atoms with Crippen molar-refractivity contribution in [2.75, 3.05) is 6.61 Å². The van der Waals surface area contributed by atoms with Gasteiger partial charge in [-0.05, 0) is 37.3 Å². The third-order valence-corrected chi connectivity index (χ3v) is 3.60. The summed E-state index contributed by atoms with van der Waals surface area (Å²) in [6.45, 7) is 0.842. The largest absolute Gasteiger partial charge is 0.378 e. The van der Waals surface area contributed by atoms with Gasteiger partial charge in [-0.25, -0.2) is 0 Å². The summed E-state index contributed by atoms with van der Waals surface area (Å²) >= 11 is 5.98. The molecule has 3 nitrogen and oxygen atoms in total. The Morgan fingerprint density at radius 3 is 3.11 bits per heavy atom. The summed E-state index contributed by atoms with van der Waals surface area (Å²) in [5.41, 5.74) is 0.862. The van der Waals surface area contributed by atoms with E-state index in [0.717, 1.165) is 31.4 Å². The molecule has 98 valence electrons. The van der Waals surface area contributed by atoms with Crippen molar-refractivity contribution in [3.63, 3.8) is 0 Å². The van der Waals surface area contributed by atoms with E-state index in [-0.39, 0.29) is 11.9 Å². The Bertz CT molecular complexity index is 403. The van der Waals surface area contributed by atoms with E-state index in [0.29, 0.717) is 17.9 Å². The lowest BCUT2D eigenvalue weighted by atomic mass is 10.0. The highest BCUT2D eigenvalue weighted by atomic mass is 35.5. The molecule has 18 heavy (non-hydrogen) atoms. The van der Waals surface area contributed by atoms with Crippen molar-refractivity contribution < 1.29 is 9.53 Å². The molecule has 1 aromatic rings. The van der Waals surface area contributed by atoms with E-state index >= 15 is 0 Å². The van der Waals surface area contributed by atoms with Crippen molar-refractivity contribution >= 4 is 17.4 Å². The predicted molar refractivity (Wildman–Crippen MR) is 70.8 cm³/mol. The molecular weight excluding hydrogens is 250 g/mol. The first kappa shape index (κ1) is 13.5. The van der Waals surface area contributed by atoms with E-state index in [1.807, 2.05) is 0 Å². The number of halogens is 1. The predicted octanol–water partition coefficient (Wildman–Crippen LogP) is 3.20. The second-order valence-corrected chi connectivity index (χ2v) is 5.12. The SMILES string of the molecule is O=C(CCC1CCCCO1)Cc1ccncc1Cl. The lowest BCUT2D eigenvalue weighted by Gasteiger charge is -2.22. The van der Waals surface area contributed by atoms with E-state index in [1.165, 1.54) is 6.42 Å². The van der Waals surface area contributed by atoms with Gasteiger partial charge in [-0.1, -0.05) is 11.6 Å². The number of aromatic nitrogens is 1. The molecule has 0 aliphatic carbocycles. The van der Waals surface area contributed by atoms with Crippen LogP contribution in [0.2, 0.25) is 5.02 Å². The Morgan fingerprint density at radius 1 is 1.50 bits per heavy atom. The molecule has 1 atom stereocenters. The van der Waals surface area contributed by atoms with Gasteiger partial charge in [-0.15, -0.1) is 0 Å². The van der Waals surface area contributed by atoms with Gasteiger partial charge in [0.25, 0.3) is 0 Å². The Hall–Kier alpha value is -0.930. The molecule has 2 heterocycles. The fourth-order valence-electron chi connectivity index (χ4n) is 2.21. The normalized spacial score (nSPS) is 19.7. The van der Waals surface area contributed by atoms with Crippen LogP contribution in [0.1, 0.15) is 37.7 Å². The first-order chi connectivity index (χ1) is 8.75. The number of ether oxygens (including phenoxy) is 1. The van der Waals surface area contributed by atoms with Crippen LogP contribution >= 0.6 is 11.6 Å². The van der Waals surface area contributed by atoms with Crippen LogP contribution in [-0.2, 0) is 16.0 Å². The zero-order valence-electron chi connectivity index (χ0n) is 10.4. The van der Waals surface area contributed by atoms with Crippen molar-refractivity contribution in [3.05, 3.63) is 29.0 Å². The lowest BCUT2D eigenvalue weighted by Crippen LogP contribution is -2.20. The summed E-state index contributed by atoms with van der Waals surface area (Å²) in [5, 5.41) is 0.569. The number of hydrogen-bond acceptors (Lipinski definition) is 3. The number of Topliss-reactive ketones (excluding diaryl/α,β-unsaturated/α-hetero) is 1. The van der Waals surface area contributed by atoms with Gasteiger partial charge in [0.2, 0.25) is 0 Å². The zero-order valence-corrected chi connectivity index (χ0v) is 11.2. The monoisotopic (exact) mass is 267 g/mol. The molecule has 0 aromatic carbocycles. The Balaban J connectivity index is 1.76. The topological polar surface area (TPSA) is 39.2 Å². The van der Waals surface area contributed by atoms with Gasteiger partial charge >= 0.3 is 0 Å². The number of pyridine rings is 1. The molecule has 2 rings (SSSR count). The Kier molecular flexibility index (Phi) is 5.14. The van der Waals surface area contributed by atoms with E-state index in [1.54, 1.807) is 18.5 Å². The zero-order chi connectivity index (χ0) is 12.8. The van der Waals surface area contributed by atoms with Crippen LogP contribution in [0.25, 0.3) is 0 Å². The molecular formula is C14H18ClNO2. The van der Waals surface area contributed by atoms with Crippen molar-refractivity contribution in [1.82, 2.24) is 4.98 Å². The first-order valence-corrected chi connectivity index (χ1v) is 6.85. The van der Waals surface area contributed by atoms with Crippen LogP contribution in [0.15, 0.2) is 18.5 Å². The Morgan fingerprint density at radius 2 is 2.39 bits per heavy atom. The summed E-state index contributed by atoms with van der Waals surface area (Å²) in [6.07, 6.45) is 8.78. The fourth-order valence-corrected chi connectivity index (χ4v) is 2.39. The molecule has 1 saturated heterocycles. The van der Waals surface area contributed by atoms with Crippen molar-refractivity contribution in [3.8, 4) is 0 Å². The highest BCUT2D eigenvalue weighted by molar-refractivity contribution is 6.31. The molecule has 4 heteroatoms. The smallest absolute Gasteiger partial charge is 0.137 e. The number of rotatable bonds is 5. The molecule has 1 aromatic heterocycles. The number of hydrogen-bond donors (Lipinski definition) is 0. The average Bonchev–Trinajstić information content (AvgIpc) is 2.40. The molecule has 0 spiro atoms. The fraction of sp³-hybridized carbons (Fsp3) is 0.571. The Labute approximate surface area is 113 Å². The van der Waals surface area contributed by atoms with Gasteiger partial charge in [0.1, 0.15) is 5.78 Å². The first-order valence-electron chi connectivity index (χ1n) is 6.47. The molecule has 1 unspecified atom stereocenters. The maximum atomic E-state index is 11.9. The summed E-state index contributed by atoms with van der Waals surface area (Å²) < 4.78 is 5.61. The number of nitrogens with zero attached hydrogens (tertiary/aromatic N) is 1. The van der Waals surface area contributed by atoms with Crippen molar-refractivity contribution in [2.45, 2.75) is 44.6 Å². The van der Waals surface area contributed by atoms with Gasteiger partial charge in [0.05, 0.1) is 11.1 Å². The maximum absolute atomic E-state index is 11.9. The summed E-state index contributed by atoms with van der Waals surface area (Å²) in [7, 11) is 0. The number of ketones is 1. The number of carbonyl (C=O) groups is 1. The molecule has 1 fully saturated rings. The van der Waals surface area contributed by atoms with Crippen LogP contribution in [0, 0.1) is 0 Å². The minimum absolute atomic E-state index is 0.220. The average molecular weight is 268 g/mol. The molecule has 0 saturated carbocycles. The minimum atomic E-state index is 0.220. The standard InChI is InChI=1S/C14H18ClNO2/c15-14-10-16-7-6-11(14)9-12(17)4-5-13-3-1-2-8-18-13/h6-7,10,13H,1-5,8-9H2. The highest BCUT2D eigenvalue weighted by Crippen LogP contribution is 2.19.